The Labute approximate surface area is 245 Å². The van der Waals surface area contributed by atoms with Crippen LogP contribution in [0.25, 0.3) is 43.1 Å². The van der Waals surface area contributed by atoms with Crippen molar-refractivity contribution in [1.82, 2.24) is 0 Å². The van der Waals surface area contributed by atoms with Crippen molar-refractivity contribution in [2.45, 2.75) is 41.5 Å². The lowest BCUT2D eigenvalue weighted by Crippen LogP contribution is -2.56. The second-order valence-corrected chi connectivity index (χ2v) is 12.7. The average Bonchev–Trinajstić information content (AvgIpc) is 2.90. The third-order valence-electron chi connectivity index (χ3n) is 9.00. The first-order chi connectivity index (χ1) is 19.2. The molecule has 7 aromatic rings. The summed E-state index contributed by atoms with van der Waals surface area (Å²) in [4.78, 5) is 0. The van der Waals surface area contributed by atoms with E-state index in [2.05, 4.69) is 142 Å². The van der Waals surface area contributed by atoms with E-state index in [4.69, 9.17) is 0 Å². The van der Waals surface area contributed by atoms with Gasteiger partial charge in [-0.1, -0.05) is 145 Å². The topological polar surface area (TPSA) is 0 Å². The summed E-state index contributed by atoms with van der Waals surface area (Å²) in [7, 11) is 0. The van der Waals surface area contributed by atoms with Crippen LogP contribution in [0.15, 0.2) is 89.4 Å². The van der Waals surface area contributed by atoms with Gasteiger partial charge in [-0.05, 0) is 85.3 Å². The van der Waals surface area contributed by atoms with Gasteiger partial charge in [0.15, 0.2) is 0 Å². The van der Waals surface area contributed by atoms with Crippen molar-refractivity contribution in [3.05, 3.63) is 123 Å². The maximum absolute atomic E-state index is 3.93. The molecule has 0 saturated carbocycles. The molecule has 0 spiro atoms. The molecule has 194 valence electrons. The molecule has 0 N–H and O–H groups in total. The van der Waals surface area contributed by atoms with Crippen molar-refractivity contribution in [3.63, 3.8) is 0 Å². The van der Waals surface area contributed by atoms with Crippen molar-refractivity contribution < 1.29 is 0 Å². The molecule has 0 heterocycles. The molecule has 0 radical (unpaired) electrons. The summed E-state index contributed by atoms with van der Waals surface area (Å²) in [6.07, 6.45) is 0. The van der Waals surface area contributed by atoms with Gasteiger partial charge in [-0.25, -0.2) is 0 Å². The van der Waals surface area contributed by atoms with Crippen LogP contribution >= 0.6 is 15.9 Å². The fourth-order valence-electron chi connectivity index (χ4n) is 7.68. The molecule has 0 saturated heterocycles. The Balaban J connectivity index is 1.69. The summed E-state index contributed by atoms with van der Waals surface area (Å²) in [5.41, 5.74) is 12.3. The van der Waals surface area contributed by atoms with E-state index in [1.54, 1.807) is 0 Å². The second-order valence-electron chi connectivity index (χ2n) is 11.8. The largest absolute Gasteiger partial charge is 0.243 e. The predicted molar refractivity (Wildman–Crippen MR) is 181 cm³/mol. The average molecular weight is 579 g/mol. The van der Waals surface area contributed by atoms with Crippen LogP contribution in [0, 0.1) is 41.5 Å². The van der Waals surface area contributed by atoms with Gasteiger partial charge in [0.2, 0.25) is 6.71 Å². The highest BCUT2D eigenvalue weighted by molar-refractivity contribution is 9.10. The van der Waals surface area contributed by atoms with Gasteiger partial charge in [-0.15, -0.1) is 0 Å². The van der Waals surface area contributed by atoms with E-state index in [1.807, 2.05) is 0 Å². The highest BCUT2D eigenvalue weighted by Gasteiger charge is 2.30. The fourth-order valence-corrected chi connectivity index (χ4v) is 8.23. The summed E-state index contributed by atoms with van der Waals surface area (Å²) in [5, 5.41) is 10.6. The maximum atomic E-state index is 3.93. The third-order valence-corrected chi connectivity index (χ3v) is 9.66. The molecule has 0 aliphatic carbocycles. The Morgan fingerprint density at radius 1 is 0.475 bits per heavy atom. The number of benzene rings is 7. The molecule has 0 nitrogen and oxygen atoms in total. The quantitative estimate of drug-likeness (QED) is 0.112. The molecule has 7 aromatic carbocycles. The minimum absolute atomic E-state index is 0.139. The van der Waals surface area contributed by atoms with Crippen molar-refractivity contribution in [2.24, 2.45) is 0 Å². The molecule has 2 heteroatoms. The third kappa shape index (κ3) is 3.66. The van der Waals surface area contributed by atoms with Crippen molar-refractivity contribution in [3.8, 4) is 0 Å². The van der Waals surface area contributed by atoms with Gasteiger partial charge in [0.25, 0.3) is 0 Å². The fraction of sp³-hybridized carbons (Fsp3) is 0.158. The molecule has 0 aliphatic heterocycles. The molecule has 0 bridgehead atoms. The van der Waals surface area contributed by atoms with Gasteiger partial charge in [0, 0.05) is 9.86 Å². The molecular formula is C38H32BBr. The van der Waals surface area contributed by atoms with E-state index >= 15 is 0 Å². The molecule has 0 amide bonds. The first kappa shape index (κ1) is 25.4. The molecule has 0 aromatic heterocycles. The molecule has 7 rings (SSSR count). The van der Waals surface area contributed by atoms with Crippen molar-refractivity contribution in [2.75, 3.05) is 0 Å². The number of aryl methyl sites for hydroxylation is 6. The monoisotopic (exact) mass is 578 g/mol. The first-order valence-corrected chi connectivity index (χ1v) is 15.0. The second kappa shape index (κ2) is 9.21. The van der Waals surface area contributed by atoms with Crippen LogP contribution in [0.4, 0.5) is 0 Å². The smallest absolute Gasteiger partial charge is 0.0657 e. The molecular weight excluding hydrogens is 547 g/mol. The highest BCUT2D eigenvalue weighted by atomic mass is 79.9. The van der Waals surface area contributed by atoms with Crippen LogP contribution in [-0.4, -0.2) is 6.71 Å². The van der Waals surface area contributed by atoms with Gasteiger partial charge in [0.1, 0.15) is 0 Å². The summed E-state index contributed by atoms with van der Waals surface area (Å²) >= 11 is 3.93. The first-order valence-electron chi connectivity index (χ1n) is 14.2. The molecule has 0 atom stereocenters. The molecule has 40 heavy (non-hydrogen) atoms. The summed E-state index contributed by atoms with van der Waals surface area (Å²) in [6.45, 7) is 13.7. The zero-order valence-corrected chi connectivity index (χ0v) is 25.6. The molecule has 0 fully saturated rings. The Morgan fingerprint density at radius 3 is 1.57 bits per heavy atom. The Kier molecular flexibility index (Phi) is 5.84. The standard InChI is InChI=1S/C38H32BBr/c1-21-17-23(3)37(24(4)18-21)39(38-25(5)19-22(2)20-26(38)6)32-15-14-30-28-9-7-8-10-29(28)36-33(40)16-12-27-11-13-31(32)35(30)34(27)36/h7-20H,1-6H3. The summed E-state index contributed by atoms with van der Waals surface area (Å²) in [6, 6.07) is 32.3. The minimum atomic E-state index is 0.139. The predicted octanol–water partition coefficient (Wildman–Crippen LogP) is 8.87. The van der Waals surface area contributed by atoms with E-state index < -0.39 is 0 Å². The highest BCUT2D eigenvalue weighted by Crippen LogP contribution is 2.43. The Bertz CT molecular complexity index is 2030. The lowest BCUT2D eigenvalue weighted by atomic mass is 9.33. The van der Waals surface area contributed by atoms with Gasteiger partial charge in [-0.2, -0.15) is 0 Å². The van der Waals surface area contributed by atoms with E-state index in [9.17, 15) is 0 Å². The SMILES string of the molecule is Cc1cc(C)c(B(c2c(C)cc(C)cc2C)c2ccc3c4ccccc4c4c(Br)ccc5ccc2c3c54)c(C)c1. The number of fused-ring (bicyclic) bond motifs is 3. The number of hydrogen-bond acceptors (Lipinski definition) is 0. The Hall–Kier alpha value is -3.62. The molecule has 0 unspecified atom stereocenters. The number of halogens is 1. The van der Waals surface area contributed by atoms with E-state index in [-0.39, 0.29) is 6.71 Å². The van der Waals surface area contributed by atoms with Crippen LogP contribution in [0.3, 0.4) is 0 Å². The van der Waals surface area contributed by atoms with Crippen molar-refractivity contribution in [1.29, 1.82) is 0 Å². The zero-order chi connectivity index (χ0) is 27.9. The summed E-state index contributed by atoms with van der Waals surface area (Å²) < 4.78 is 1.16. The molecule has 0 aliphatic rings. The zero-order valence-electron chi connectivity index (χ0n) is 24.0. The number of hydrogen-bond donors (Lipinski definition) is 0. The van der Waals surface area contributed by atoms with E-state index in [0.29, 0.717) is 0 Å². The lowest BCUT2D eigenvalue weighted by Gasteiger charge is -2.26. The van der Waals surface area contributed by atoms with Gasteiger partial charge in [0.05, 0.1) is 0 Å². The Morgan fingerprint density at radius 2 is 0.975 bits per heavy atom. The van der Waals surface area contributed by atoms with Crippen LogP contribution in [0.1, 0.15) is 33.4 Å². The normalized spacial score (nSPS) is 11.9. The number of rotatable bonds is 3. The van der Waals surface area contributed by atoms with Crippen LogP contribution in [0.5, 0.6) is 0 Å². The maximum Gasteiger partial charge on any atom is 0.243 e. The van der Waals surface area contributed by atoms with Crippen LogP contribution < -0.4 is 16.4 Å². The van der Waals surface area contributed by atoms with Crippen LogP contribution in [0.2, 0.25) is 0 Å². The minimum Gasteiger partial charge on any atom is -0.0657 e. The summed E-state index contributed by atoms with van der Waals surface area (Å²) in [5.74, 6) is 0. The van der Waals surface area contributed by atoms with Crippen LogP contribution in [-0.2, 0) is 0 Å². The van der Waals surface area contributed by atoms with Crippen molar-refractivity contribution >= 4 is 82.1 Å². The lowest BCUT2D eigenvalue weighted by molar-refractivity contribution is 1.34. The van der Waals surface area contributed by atoms with E-state index in [0.717, 1.165) is 4.47 Å². The van der Waals surface area contributed by atoms with Gasteiger partial charge >= 0.3 is 0 Å². The van der Waals surface area contributed by atoms with E-state index in [1.165, 1.54) is 92.9 Å². The van der Waals surface area contributed by atoms with Gasteiger partial charge in [-0.3, -0.25) is 0 Å². The van der Waals surface area contributed by atoms with Gasteiger partial charge < -0.3 is 0 Å².